The van der Waals surface area contributed by atoms with Crippen molar-refractivity contribution in [2.75, 3.05) is 30.5 Å². The van der Waals surface area contributed by atoms with E-state index in [1.165, 1.54) is 34.9 Å². The first-order valence-electron chi connectivity index (χ1n) is 10.3. The molecule has 0 spiro atoms. The van der Waals surface area contributed by atoms with E-state index in [1.54, 1.807) is 12.4 Å². The van der Waals surface area contributed by atoms with E-state index in [0.29, 0.717) is 21.4 Å². The van der Waals surface area contributed by atoms with Crippen LogP contribution in [0.5, 0.6) is 0 Å². The number of β-lactam (4-membered cyclic amide) rings is 1. The SMILES string of the molecule is CCOC(=O)CON=C(C(=O)NC1C(=O)N2C(C(=O)O)=C(CSc3nncs3)CS[C@@H]12)c1nsc(N)n1. The number of thioether (sulfide) groups is 2. The second kappa shape index (κ2) is 11.8. The summed E-state index contributed by atoms with van der Waals surface area (Å²) in [5.41, 5.74) is 7.21. The largest absolute Gasteiger partial charge is 0.477 e. The van der Waals surface area contributed by atoms with Gasteiger partial charge in [-0.3, -0.25) is 14.5 Å². The molecule has 1 fully saturated rings. The van der Waals surface area contributed by atoms with Crippen LogP contribution in [0.25, 0.3) is 0 Å². The van der Waals surface area contributed by atoms with E-state index in [9.17, 15) is 24.3 Å². The molecule has 2 aromatic heterocycles. The summed E-state index contributed by atoms with van der Waals surface area (Å²) in [7, 11) is 0. The Hall–Kier alpha value is -3.29. The number of carbonyl (C=O) groups is 4. The molecule has 0 bridgehead atoms. The Balaban J connectivity index is 1.47. The zero-order valence-corrected chi connectivity index (χ0v) is 22.1. The Kier molecular flexibility index (Phi) is 8.56. The van der Waals surface area contributed by atoms with Crippen molar-refractivity contribution in [1.29, 1.82) is 0 Å². The minimum Gasteiger partial charge on any atom is -0.477 e. The number of carboxylic acids is 1. The van der Waals surface area contributed by atoms with Crippen molar-refractivity contribution in [3.05, 3.63) is 22.6 Å². The lowest BCUT2D eigenvalue weighted by Crippen LogP contribution is -2.71. The molecule has 0 aromatic carbocycles. The molecule has 19 heteroatoms. The average molecular weight is 587 g/mol. The van der Waals surface area contributed by atoms with Gasteiger partial charge in [-0.15, -0.1) is 22.0 Å². The summed E-state index contributed by atoms with van der Waals surface area (Å²) in [6.07, 6.45) is 0. The highest BCUT2D eigenvalue weighted by Crippen LogP contribution is 2.41. The number of nitrogens with zero attached hydrogens (tertiary/aromatic N) is 6. The quantitative estimate of drug-likeness (QED) is 0.102. The highest BCUT2D eigenvalue weighted by molar-refractivity contribution is 8.01. The molecule has 0 aliphatic carbocycles. The van der Waals surface area contributed by atoms with Crippen LogP contribution in [-0.2, 0) is 28.8 Å². The van der Waals surface area contributed by atoms with Crippen LogP contribution in [0.3, 0.4) is 0 Å². The summed E-state index contributed by atoms with van der Waals surface area (Å²) in [5.74, 6) is -2.91. The fourth-order valence-electron chi connectivity index (χ4n) is 3.25. The normalized spacial score (nSPS) is 19.2. The number of carbonyl (C=O) groups excluding carboxylic acids is 3. The maximum Gasteiger partial charge on any atom is 0.352 e. The molecule has 0 saturated carbocycles. The summed E-state index contributed by atoms with van der Waals surface area (Å²) >= 11 is 4.78. The van der Waals surface area contributed by atoms with Gasteiger partial charge < -0.3 is 25.7 Å². The molecule has 196 valence electrons. The van der Waals surface area contributed by atoms with Crippen molar-refractivity contribution in [3.63, 3.8) is 0 Å². The number of nitrogens with one attached hydrogen (secondary N) is 1. The number of rotatable bonds is 11. The number of hydrogen-bond acceptors (Lipinski definition) is 16. The van der Waals surface area contributed by atoms with E-state index in [-0.39, 0.29) is 23.3 Å². The topological polar surface area (TPSA) is 212 Å². The molecule has 2 atom stereocenters. The lowest BCUT2D eigenvalue weighted by atomic mass is 10.0. The third-order valence-electron chi connectivity index (χ3n) is 4.76. The van der Waals surface area contributed by atoms with Gasteiger partial charge >= 0.3 is 11.9 Å². The number of nitrogen functional groups attached to an aromatic ring is 1. The van der Waals surface area contributed by atoms with Crippen LogP contribution in [0.4, 0.5) is 5.13 Å². The van der Waals surface area contributed by atoms with Gasteiger partial charge in [-0.1, -0.05) is 28.3 Å². The van der Waals surface area contributed by atoms with Crippen molar-refractivity contribution in [2.24, 2.45) is 5.16 Å². The van der Waals surface area contributed by atoms with Gasteiger partial charge in [0.2, 0.25) is 18.1 Å². The number of carboxylic acid groups (broad SMARTS) is 1. The number of hydrogen-bond donors (Lipinski definition) is 3. The monoisotopic (exact) mass is 586 g/mol. The van der Waals surface area contributed by atoms with E-state index in [1.807, 2.05) is 0 Å². The number of ether oxygens (including phenoxy) is 1. The van der Waals surface area contributed by atoms with E-state index in [4.69, 9.17) is 15.3 Å². The first-order chi connectivity index (χ1) is 17.8. The van der Waals surface area contributed by atoms with E-state index < -0.39 is 47.5 Å². The van der Waals surface area contributed by atoms with Gasteiger partial charge in [0.05, 0.1) is 6.61 Å². The highest BCUT2D eigenvalue weighted by atomic mass is 32.2. The van der Waals surface area contributed by atoms with Crippen molar-refractivity contribution < 1.29 is 33.9 Å². The van der Waals surface area contributed by atoms with Gasteiger partial charge in [0.25, 0.3) is 11.8 Å². The number of nitrogens with two attached hydrogens (primary N) is 1. The predicted molar refractivity (Wildman–Crippen MR) is 134 cm³/mol. The minimum atomic E-state index is -1.24. The molecule has 4 heterocycles. The number of fused-ring (bicyclic) bond motifs is 1. The molecule has 4 N–H and O–H groups in total. The number of amides is 2. The number of oxime groups is 1. The summed E-state index contributed by atoms with van der Waals surface area (Å²) < 4.78 is 9.35. The fourth-order valence-corrected chi connectivity index (χ4v) is 6.65. The van der Waals surface area contributed by atoms with E-state index in [0.717, 1.165) is 16.4 Å². The van der Waals surface area contributed by atoms with Crippen LogP contribution in [-0.4, -0.2) is 95.2 Å². The zero-order valence-electron chi connectivity index (χ0n) is 18.9. The second-order valence-corrected chi connectivity index (χ2v) is 11.0. The van der Waals surface area contributed by atoms with Gasteiger partial charge in [0.1, 0.15) is 22.6 Å². The van der Waals surface area contributed by atoms with Gasteiger partial charge in [0.15, 0.2) is 9.47 Å². The molecule has 2 aromatic rings. The van der Waals surface area contributed by atoms with Gasteiger partial charge in [-0.25, -0.2) is 9.59 Å². The molecule has 2 aliphatic rings. The Morgan fingerprint density at radius 3 is 2.86 bits per heavy atom. The smallest absolute Gasteiger partial charge is 0.352 e. The van der Waals surface area contributed by atoms with Crippen LogP contribution < -0.4 is 11.1 Å². The maximum atomic E-state index is 13.0. The summed E-state index contributed by atoms with van der Waals surface area (Å²) in [5, 5.41) is 23.1. The molecule has 2 aliphatic heterocycles. The summed E-state index contributed by atoms with van der Waals surface area (Å²) in [4.78, 5) is 59.5. The first-order valence-corrected chi connectivity index (χ1v) is 14.0. The number of aliphatic carboxylic acids is 1. The molecule has 37 heavy (non-hydrogen) atoms. The molecule has 2 amide bonds. The molecule has 1 unspecified atom stereocenters. The van der Waals surface area contributed by atoms with Crippen molar-refractivity contribution >= 4 is 81.0 Å². The molecule has 1 saturated heterocycles. The third kappa shape index (κ3) is 6.00. The zero-order chi connectivity index (χ0) is 26.5. The van der Waals surface area contributed by atoms with Gasteiger partial charge in [-0.2, -0.15) is 9.36 Å². The Bertz CT molecular complexity index is 1260. The number of aromatic nitrogens is 4. The predicted octanol–water partition coefficient (Wildman–Crippen LogP) is -0.213. The van der Waals surface area contributed by atoms with Gasteiger partial charge in [-0.05, 0) is 12.5 Å². The maximum absolute atomic E-state index is 13.0. The molecule has 15 nitrogen and oxygen atoms in total. The summed E-state index contributed by atoms with van der Waals surface area (Å²) in [6.45, 7) is 1.19. The lowest BCUT2D eigenvalue weighted by molar-refractivity contribution is -0.150. The third-order valence-corrected chi connectivity index (χ3v) is 8.59. The van der Waals surface area contributed by atoms with Crippen LogP contribution in [0.15, 0.2) is 26.3 Å². The minimum absolute atomic E-state index is 0.0600. The van der Waals surface area contributed by atoms with Gasteiger partial charge in [0, 0.05) is 23.0 Å². The van der Waals surface area contributed by atoms with E-state index in [2.05, 4.69) is 30.0 Å². The summed E-state index contributed by atoms with van der Waals surface area (Å²) in [6, 6.07) is -1.03. The first kappa shape index (κ1) is 26.8. The van der Waals surface area contributed by atoms with E-state index >= 15 is 0 Å². The molecular formula is C18H18N8O7S4. The van der Waals surface area contributed by atoms with Crippen LogP contribution in [0.1, 0.15) is 12.7 Å². The Morgan fingerprint density at radius 2 is 2.22 bits per heavy atom. The standard InChI is InChI=1S/C18H18N8O7S4/c1-2-32-8(27)3-33-24-9(12-22-17(19)37-25-12)13(28)21-10-14(29)26-11(16(30)31)7(4-34-15(10)26)5-35-18-23-20-6-36-18/h6,10,15H,2-5H2,1H3,(H,21,28)(H,30,31)(H2,19,22,25)/t10?,15-/m0/s1. The molecule has 0 radical (unpaired) electrons. The second-order valence-electron chi connectivity index (χ2n) is 7.09. The van der Waals surface area contributed by atoms with Crippen molar-refractivity contribution in [1.82, 2.24) is 29.8 Å². The van der Waals surface area contributed by atoms with Crippen molar-refractivity contribution in [3.8, 4) is 0 Å². The Morgan fingerprint density at radius 1 is 1.41 bits per heavy atom. The number of anilines is 1. The van der Waals surface area contributed by atoms with Crippen molar-refractivity contribution in [2.45, 2.75) is 22.7 Å². The van der Waals surface area contributed by atoms with Crippen LogP contribution in [0.2, 0.25) is 0 Å². The van der Waals surface area contributed by atoms with Crippen LogP contribution >= 0.6 is 46.4 Å². The van der Waals surface area contributed by atoms with Crippen LogP contribution in [0, 0.1) is 0 Å². The molecule has 4 rings (SSSR count). The molecular weight excluding hydrogens is 569 g/mol. The highest BCUT2D eigenvalue weighted by Gasteiger charge is 2.54. The number of esters is 1. The average Bonchev–Trinajstić information content (AvgIpc) is 3.55. The fraction of sp³-hybridized carbons (Fsp3) is 0.389. The Labute approximate surface area is 225 Å². The lowest BCUT2D eigenvalue weighted by Gasteiger charge is -2.49.